The molecule has 0 aliphatic rings. The third-order valence-corrected chi connectivity index (χ3v) is 2.46. The number of H-pyrrole nitrogens is 1. The first kappa shape index (κ1) is 11.4. The Balaban J connectivity index is 2.23. The number of hydrogen-bond acceptors (Lipinski definition) is 4. The fourth-order valence-corrected chi connectivity index (χ4v) is 1.60. The minimum atomic E-state index is -0.960. The molecule has 0 radical (unpaired) electrons. The second-order valence-electron chi connectivity index (χ2n) is 3.72. The van der Waals surface area contributed by atoms with E-state index in [1.807, 2.05) is 0 Å². The van der Waals surface area contributed by atoms with Crippen LogP contribution in [-0.4, -0.2) is 21.2 Å². The molecule has 0 amide bonds. The zero-order chi connectivity index (χ0) is 12.4. The minimum Gasteiger partial charge on any atom is -0.481 e. The van der Waals surface area contributed by atoms with E-state index in [1.165, 1.54) is 6.07 Å². The van der Waals surface area contributed by atoms with Gasteiger partial charge in [0.1, 0.15) is 0 Å². The number of fused-ring (bicyclic) bond motifs is 1. The van der Waals surface area contributed by atoms with Gasteiger partial charge in [0.25, 0.3) is 0 Å². The highest BCUT2D eigenvalue weighted by Crippen LogP contribution is 2.21. The van der Waals surface area contributed by atoms with Gasteiger partial charge in [-0.05, 0) is 24.1 Å². The maximum absolute atomic E-state index is 10.9. The molecule has 0 saturated carbocycles. The number of nitrogens with one attached hydrogen (secondary N) is 1. The van der Waals surface area contributed by atoms with Crippen molar-refractivity contribution in [3.63, 3.8) is 0 Å². The highest BCUT2D eigenvalue weighted by molar-refractivity contribution is 5.73. The van der Waals surface area contributed by atoms with Gasteiger partial charge in [0.2, 0.25) is 0 Å². The van der Waals surface area contributed by atoms with Crippen molar-refractivity contribution in [2.75, 3.05) is 0 Å². The number of rotatable bonds is 4. The maximum Gasteiger partial charge on any atom is 0.417 e. The fourth-order valence-electron chi connectivity index (χ4n) is 1.60. The zero-order valence-electron chi connectivity index (χ0n) is 8.84. The van der Waals surface area contributed by atoms with Gasteiger partial charge in [0, 0.05) is 6.42 Å². The number of oxazole rings is 1. The Hall–Kier alpha value is -2.08. The second-order valence-corrected chi connectivity index (χ2v) is 3.72. The monoisotopic (exact) mass is 237 g/mol. The molecule has 6 nitrogen and oxygen atoms in total. The molecule has 1 aromatic heterocycles. The van der Waals surface area contributed by atoms with Crippen molar-refractivity contribution in [3.05, 3.63) is 34.3 Å². The first-order valence-corrected chi connectivity index (χ1v) is 5.09. The number of aliphatic hydroxyl groups excluding tert-OH is 1. The molecule has 90 valence electrons. The summed E-state index contributed by atoms with van der Waals surface area (Å²) < 4.78 is 4.85. The SMILES string of the molecule is O=C(O)CCC(O)c1ccc2[nH]c(=O)oc2c1. The van der Waals surface area contributed by atoms with Crippen molar-refractivity contribution in [1.82, 2.24) is 4.98 Å². The number of carbonyl (C=O) groups is 1. The lowest BCUT2D eigenvalue weighted by Gasteiger charge is -2.08. The summed E-state index contributed by atoms with van der Waals surface area (Å²) in [5.74, 6) is -1.52. The summed E-state index contributed by atoms with van der Waals surface area (Å²) in [7, 11) is 0. The quantitative estimate of drug-likeness (QED) is 0.736. The summed E-state index contributed by atoms with van der Waals surface area (Å²) in [5.41, 5.74) is 1.42. The summed E-state index contributed by atoms with van der Waals surface area (Å²) in [6.07, 6.45) is -0.873. The first-order valence-electron chi connectivity index (χ1n) is 5.09. The molecule has 2 aromatic rings. The van der Waals surface area contributed by atoms with Gasteiger partial charge in [-0.25, -0.2) is 4.79 Å². The highest BCUT2D eigenvalue weighted by atomic mass is 16.4. The van der Waals surface area contributed by atoms with Gasteiger partial charge in [0.05, 0.1) is 11.6 Å². The van der Waals surface area contributed by atoms with Crippen molar-refractivity contribution < 1.29 is 19.4 Å². The molecule has 0 aliphatic heterocycles. The molecule has 0 bridgehead atoms. The number of carboxylic acids is 1. The molecule has 0 saturated heterocycles. The zero-order valence-corrected chi connectivity index (χ0v) is 8.84. The number of aliphatic hydroxyl groups is 1. The lowest BCUT2D eigenvalue weighted by atomic mass is 10.0. The molecular weight excluding hydrogens is 226 g/mol. The number of aromatic nitrogens is 1. The van der Waals surface area contributed by atoms with Crippen molar-refractivity contribution >= 4 is 17.1 Å². The van der Waals surface area contributed by atoms with Crippen LogP contribution in [0.2, 0.25) is 0 Å². The van der Waals surface area contributed by atoms with E-state index in [4.69, 9.17) is 9.52 Å². The minimum absolute atomic E-state index is 0.115. The van der Waals surface area contributed by atoms with Crippen molar-refractivity contribution in [2.24, 2.45) is 0 Å². The Bertz CT molecular complexity index is 597. The molecular formula is C11H11NO5. The van der Waals surface area contributed by atoms with E-state index in [0.717, 1.165) is 0 Å². The molecule has 2 rings (SSSR count). The molecule has 17 heavy (non-hydrogen) atoms. The van der Waals surface area contributed by atoms with Gasteiger partial charge in [-0.1, -0.05) is 6.07 Å². The van der Waals surface area contributed by atoms with Gasteiger partial charge in [-0.15, -0.1) is 0 Å². The molecule has 0 spiro atoms. The van der Waals surface area contributed by atoms with E-state index in [0.29, 0.717) is 16.7 Å². The fraction of sp³-hybridized carbons (Fsp3) is 0.273. The number of aromatic amines is 1. The van der Waals surface area contributed by atoms with Gasteiger partial charge < -0.3 is 14.6 Å². The molecule has 1 aromatic carbocycles. The normalized spacial score (nSPS) is 12.8. The number of hydrogen-bond donors (Lipinski definition) is 3. The van der Waals surface area contributed by atoms with E-state index in [2.05, 4.69) is 4.98 Å². The molecule has 0 fully saturated rings. The molecule has 6 heteroatoms. The van der Waals surface area contributed by atoms with E-state index < -0.39 is 17.8 Å². The summed E-state index contributed by atoms with van der Waals surface area (Å²) in [6, 6.07) is 4.76. The van der Waals surface area contributed by atoms with Crippen LogP contribution in [0.4, 0.5) is 0 Å². The molecule has 1 heterocycles. The van der Waals surface area contributed by atoms with Gasteiger partial charge in [-0.3, -0.25) is 9.78 Å². The summed E-state index contributed by atoms with van der Waals surface area (Å²) in [6.45, 7) is 0. The van der Waals surface area contributed by atoms with Gasteiger partial charge in [0.15, 0.2) is 5.58 Å². The smallest absolute Gasteiger partial charge is 0.417 e. The van der Waals surface area contributed by atoms with E-state index >= 15 is 0 Å². The van der Waals surface area contributed by atoms with Crippen LogP contribution in [0, 0.1) is 0 Å². The third-order valence-electron chi connectivity index (χ3n) is 2.46. The molecule has 1 unspecified atom stereocenters. The third kappa shape index (κ3) is 2.54. The average Bonchev–Trinajstić information content (AvgIpc) is 2.64. The Labute approximate surface area is 95.5 Å². The van der Waals surface area contributed by atoms with Crippen LogP contribution in [0.15, 0.2) is 27.4 Å². The van der Waals surface area contributed by atoms with Crippen LogP contribution < -0.4 is 5.76 Å². The Morgan fingerprint density at radius 1 is 1.47 bits per heavy atom. The Morgan fingerprint density at radius 3 is 2.94 bits per heavy atom. The number of aliphatic carboxylic acids is 1. The maximum atomic E-state index is 10.9. The van der Waals surface area contributed by atoms with Crippen molar-refractivity contribution in [2.45, 2.75) is 18.9 Å². The van der Waals surface area contributed by atoms with Crippen LogP contribution in [-0.2, 0) is 4.79 Å². The predicted molar refractivity (Wildman–Crippen MR) is 58.7 cm³/mol. The second kappa shape index (κ2) is 4.42. The Morgan fingerprint density at radius 2 is 2.24 bits per heavy atom. The average molecular weight is 237 g/mol. The molecule has 1 atom stereocenters. The topological polar surface area (TPSA) is 104 Å². The number of benzene rings is 1. The van der Waals surface area contributed by atoms with E-state index in [9.17, 15) is 14.7 Å². The lowest BCUT2D eigenvalue weighted by molar-refractivity contribution is -0.137. The summed E-state index contributed by atoms with van der Waals surface area (Å²) >= 11 is 0. The van der Waals surface area contributed by atoms with Crippen LogP contribution >= 0.6 is 0 Å². The molecule has 0 aliphatic carbocycles. The summed E-state index contributed by atoms with van der Waals surface area (Å²) in [5, 5.41) is 18.3. The van der Waals surface area contributed by atoms with Crippen LogP contribution in [0.1, 0.15) is 24.5 Å². The predicted octanol–water partition coefficient (Wildman–Crippen LogP) is 1.02. The van der Waals surface area contributed by atoms with Crippen LogP contribution in [0.5, 0.6) is 0 Å². The summed E-state index contributed by atoms with van der Waals surface area (Å²) in [4.78, 5) is 23.8. The largest absolute Gasteiger partial charge is 0.481 e. The highest BCUT2D eigenvalue weighted by Gasteiger charge is 2.11. The number of carboxylic acid groups (broad SMARTS) is 1. The first-order chi connectivity index (χ1) is 8.06. The lowest BCUT2D eigenvalue weighted by Crippen LogP contribution is -2.02. The van der Waals surface area contributed by atoms with E-state index in [-0.39, 0.29) is 12.8 Å². The standard InChI is InChI=1S/C11H11NO5/c13-8(3-4-10(14)15)6-1-2-7-9(5-6)17-11(16)12-7/h1-2,5,8,13H,3-4H2,(H,12,16)(H,14,15). The van der Waals surface area contributed by atoms with Crippen molar-refractivity contribution in [3.8, 4) is 0 Å². The van der Waals surface area contributed by atoms with Crippen molar-refractivity contribution in [1.29, 1.82) is 0 Å². The Kier molecular flexibility index (Phi) is 2.97. The van der Waals surface area contributed by atoms with Crippen LogP contribution in [0.3, 0.4) is 0 Å². The van der Waals surface area contributed by atoms with Crippen LogP contribution in [0.25, 0.3) is 11.1 Å². The van der Waals surface area contributed by atoms with Gasteiger partial charge in [-0.2, -0.15) is 0 Å². The van der Waals surface area contributed by atoms with Gasteiger partial charge >= 0.3 is 11.7 Å². The molecule has 3 N–H and O–H groups in total. The van der Waals surface area contributed by atoms with E-state index in [1.54, 1.807) is 12.1 Å².